The SMILES string of the molecule is CCCCCCCCC(C)OC(=O)CCCC(=O)OCCCCCC. The van der Waals surface area contributed by atoms with Gasteiger partial charge in [-0.15, -0.1) is 0 Å². The van der Waals surface area contributed by atoms with E-state index in [2.05, 4.69) is 13.8 Å². The van der Waals surface area contributed by atoms with E-state index in [1.165, 1.54) is 44.9 Å². The Morgan fingerprint density at radius 1 is 0.720 bits per heavy atom. The second kappa shape index (κ2) is 17.8. The average molecular weight is 357 g/mol. The molecule has 0 aromatic rings. The maximum absolute atomic E-state index is 11.8. The molecule has 0 rings (SSSR count). The Labute approximate surface area is 155 Å². The van der Waals surface area contributed by atoms with Gasteiger partial charge in [0.1, 0.15) is 0 Å². The summed E-state index contributed by atoms with van der Waals surface area (Å²) in [7, 11) is 0. The number of ether oxygens (including phenoxy) is 2. The summed E-state index contributed by atoms with van der Waals surface area (Å²) in [5, 5.41) is 0. The number of carbonyl (C=O) groups excluding carboxylic acids is 2. The zero-order valence-electron chi connectivity index (χ0n) is 16.8. The van der Waals surface area contributed by atoms with E-state index in [-0.39, 0.29) is 18.0 Å². The van der Waals surface area contributed by atoms with Gasteiger partial charge in [-0.3, -0.25) is 9.59 Å². The first-order valence-electron chi connectivity index (χ1n) is 10.4. The molecular formula is C21H40O4. The molecule has 0 aromatic carbocycles. The van der Waals surface area contributed by atoms with Gasteiger partial charge >= 0.3 is 11.9 Å². The molecule has 1 atom stereocenters. The normalized spacial score (nSPS) is 12.0. The van der Waals surface area contributed by atoms with Crippen LogP contribution in [0, 0.1) is 0 Å². The highest BCUT2D eigenvalue weighted by molar-refractivity contribution is 5.72. The highest BCUT2D eigenvalue weighted by Gasteiger charge is 2.11. The second-order valence-corrected chi connectivity index (χ2v) is 6.99. The molecule has 4 nitrogen and oxygen atoms in total. The molecule has 0 aromatic heterocycles. The van der Waals surface area contributed by atoms with E-state index in [0.717, 1.165) is 25.7 Å². The lowest BCUT2D eigenvalue weighted by atomic mass is 10.1. The molecule has 148 valence electrons. The molecule has 1 unspecified atom stereocenters. The molecule has 0 aliphatic carbocycles. The van der Waals surface area contributed by atoms with E-state index in [1.54, 1.807) is 0 Å². The predicted molar refractivity (Wildman–Crippen MR) is 102 cm³/mol. The summed E-state index contributed by atoms with van der Waals surface area (Å²) in [6.07, 6.45) is 13.9. The lowest BCUT2D eigenvalue weighted by Gasteiger charge is -2.13. The van der Waals surface area contributed by atoms with E-state index >= 15 is 0 Å². The molecule has 0 spiro atoms. The van der Waals surface area contributed by atoms with Crippen molar-refractivity contribution in [2.45, 2.75) is 117 Å². The standard InChI is InChI=1S/C21H40O4/c1-4-6-8-10-11-12-15-19(3)25-21(23)17-14-16-20(22)24-18-13-9-7-5-2/h19H,4-18H2,1-3H3. The maximum atomic E-state index is 11.8. The average Bonchev–Trinajstić information content (AvgIpc) is 2.57. The van der Waals surface area contributed by atoms with Gasteiger partial charge in [0, 0.05) is 12.8 Å². The van der Waals surface area contributed by atoms with Crippen LogP contribution in [0.2, 0.25) is 0 Å². The van der Waals surface area contributed by atoms with Crippen LogP contribution in [0.5, 0.6) is 0 Å². The van der Waals surface area contributed by atoms with Crippen LogP contribution < -0.4 is 0 Å². The molecule has 0 fully saturated rings. The molecule has 0 heterocycles. The van der Waals surface area contributed by atoms with Crippen molar-refractivity contribution in [3.63, 3.8) is 0 Å². The fraction of sp³-hybridized carbons (Fsp3) is 0.905. The number of hydrogen-bond acceptors (Lipinski definition) is 4. The van der Waals surface area contributed by atoms with Crippen molar-refractivity contribution in [1.29, 1.82) is 0 Å². The fourth-order valence-electron chi connectivity index (χ4n) is 2.72. The zero-order chi connectivity index (χ0) is 18.8. The minimum Gasteiger partial charge on any atom is -0.466 e. The predicted octanol–water partition coefficient (Wildman–Crippen LogP) is 5.96. The lowest BCUT2D eigenvalue weighted by Crippen LogP contribution is -2.15. The molecule has 25 heavy (non-hydrogen) atoms. The quantitative estimate of drug-likeness (QED) is 0.238. The third-order valence-electron chi connectivity index (χ3n) is 4.32. The van der Waals surface area contributed by atoms with E-state index < -0.39 is 0 Å². The van der Waals surface area contributed by atoms with Crippen molar-refractivity contribution in [3.8, 4) is 0 Å². The number of carbonyl (C=O) groups is 2. The van der Waals surface area contributed by atoms with E-state index in [9.17, 15) is 9.59 Å². The summed E-state index contributed by atoms with van der Waals surface area (Å²) < 4.78 is 10.5. The molecule has 0 aliphatic rings. The van der Waals surface area contributed by atoms with Crippen molar-refractivity contribution in [2.75, 3.05) is 6.61 Å². The minimum absolute atomic E-state index is 0.0239. The Kier molecular flexibility index (Phi) is 17.0. The van der Waals surface area contributed by atoms with Gasteiger partial charge in [0.2, 0.25) is 0 Å². The van der Waals surface area contributed by atoms with Gasteiger partial charge in [0.25, 0.3) is 0 Å². The number of hydrogen-bond donors (Lipinski definition) is 0. The molecular weight excluding hydrogens is 316 g/mol. The van der Waals surface area contributed by atoms with Gasteiger partial charge in [0.15, 0.2) is 0 Å². The highest BCUT2D eigenvalue weighted by Crippen LogP contribution is 2.11. The van der Waals surface area contributed by atoms with Crippen LogP contribution in [0.3, 0.4) is 0 Å². The summed E-state index contributed by atoms with van der Waals surface area (Å²) >= 11 is 0. The first-order chi connectivity index (χ1) is 12.1. The summed E-state index contributed by atoms with van der Waals surface area (Å²) in [5.74, 6) is -0.404. The summed E-state index contributed by atoms with van der Waals surface area (Å²) in [4.78, 5) is 23.3. The molecule has 0 N–H and O–H groups in total. The largest absolute Gasteiger partial charge is 0.466 e. The molecule has 0 amide bonds. The van der Waals surface area contributed by atoms with Crippen LogP contribution in [0.1, 0.15) is 111 Å². The van der Waals surface area contributed by atoms with Crippen LogP contribution in [-0.2, 0) is 19.1 Å². The van der Waals surface area contributed by atoms with Crippen LogP contribution in [-0.4, -0.2) is 24.6 Å². The smallest absolute Gasteiger partial charge is 0.306 e. The molecule has 0 bridgehead atoms. The molecule has 0 radical (unpaired) electrons. The van der Waals surface area contributed by atoms with E-state index in [4.69, 9.17) is 9.47 Å². The Morgan fingerprint density at radius 2 is 1.28 bits per heavy atom. The lowest BCUT2D eigenvalue weighted by molar-refractivity contribution is -0.149. The maximum Gasteiger partial charge on any atom is 0.306 e. The van der Waals surface area contributed by atoms with Gasteiger partial charge in [-0.1, -0.05) is 65.2 Å². The third kappa shape index (κ3) is 17.6. The second-order valence-electron chi connectivity index (χ2n) is 6.99. The Hall–Kier alpha value is -1.06. The van der Waals surface area contributed by atoms with Crippen LogP contribution in [0.15, 0.2) is 0 Å². The molecule has 0 saturated carbocycles. The molecule has 0 aliphatic heterocycles. The van der Waals surface area contributed by atoms with Gasteiger partial charge in [-0.05, 0) is 32.6 Å². The summed E-state index contributed by atoms with van der Waals surface area (Å²) in [5.41, 5.74) is 0. The topological polar surface area (TPSA) is 52.6 Å². The third-order valence-corrected chi connectivity index (χ3v) is 4.32. The number of unbranched alkanes of at least 4 members (excludes halogenated alkanes) is 8. The van der Waals surface area contributed by atoms with Crippen molar-refractivity contribution < 1.29 is 19.1 Å². The Balaban J connectivity index is 3.51. The molecule has 0 saturated heterocycles. The van der Waals surface area contributed by atoms with Crippen molar-refractivity contribution in [2.24, 2.45) is 0 Å². The van der Waals surface area contributed by atoms with E-state index in [0.29, 0.717) is 25.9 Å². The van der Waals surface area contributed by atoms with Gasteiger partial charge < -0.3 is 9.47 Å². The highest BCUT2D eigenvalue weighted by atomic mass is 16.5. The minimum atomic E-state index is -0.204. The Bertz CT molecular complexity index is 328. The van der Waals surface area contributed by atoms with Gasteiger partial charge in [0.05, 0.1) is 12.7 Å². The van der Waals surface area contributed by atoms with Gasteiger partial charge in [-0.2, -0.15) is 0 Å². The fourth-order valence-corrected chi connectivity index (χ4v) is 2.72. The van der Waals surface area contributed by atoms with Gasteiger partial charge in [-0.25, -0.2) is 0 Å². The number of esters is 2. The monoisotopic (exact) mass is 356 g/mol. The Morgan fingerprint density at radius 3 is 1.96 bits per heavy atom. The van der Waals surface area contributed by atoms with Crippen molar-refractivity contribution in [3.05, 3.63) is 0 Å². The first-order valence-corrected chi connectivity index (χ1v) is 10.4. The van der Waals surface area contributed by atoms with Crippen LogP contribution in [0.4, 0.5) is 0 Å². The summed E-state index contributed by atoms with van der Waals surface area (Å²) in [6.45, 7) is 6.82. The zero-order valence-corrected chi connectivity index (χ0v) is 16.8. The van der Waals surface area contributed by atoms with E-state index in [1.807, 2.05) is 6.92 Å². The number of rotatable bonds is 17. The van der Waals surface area contributed by atoms with Crippen molar-refractivity contribution >= 4 is 11.9 Å². The summed E-state index contributed by atoms with van der Waals surface area (Å²) in [6, 6.07) is 0. The van der Waals surface area contributed by atoms with Crippen LogP contribution in [0.25, 0.3) is 0 Å². The molecule has 4 heteroatoms. The van der Waals surface area contributed by atoms with Crippen molar-refractivity contribution in [1.82, 2.24) is 0 Å². The first kappa shape index (κ1) is 23.9. The van der Waals surface area contributed by atoms with Crippen LogP contribution >= 0.6 is 0 Å².